The number of aromatic nitrogens is 1. The number of hydrogen-bond acceptors (Lipinski definition) is 8. The fraction of sp³-hybridized carbons (Fsp3) is 0.683. The third-order valence-corrected chi connectivity index (χ3v) is 11.2. The molecule has 8 atom stereocenters. The molecular formula is C41H67N5O6S. The molecule has 298 valence electrons. The first-order valence-electron chi connectivity index (χ1n) is 19.6. The number of thiazole rings is 1. The number of ether oxygens (including phenoxy) is 1. The molecule has 1 heterocycles. The van der Waals surface area contributed by atoms with Crippen LogP contribution in [0.3, 0.4) is 0 Å². The molecule has 0 aliphatic rings. The quantitative estimate of drug-likeness (QED) is 0.0857. The molecule has 0 saturated carbocycles. The number of carboxylic acid groups (broad SMARTS) is 1. The normalized spacial score (nSPS) is 16.1. The summed E-state index contributed by atoms with van der Waals surface area (Å²) in [5.41, 5.74) is 1.25. The van der Waals surface area contributed by atoms with E-state index in [1.807, 2.05) is 69.9 Å². The van der Waals surface area contributed by atoms with Gasteiger partial charge in [-0.3, -0.25) is 19.2 Å². The first-order chi connectivity index (χ1) is 25.2. The average molecular weight is 758 g/mol. The molecule has 4 N–H and O–H groups in total. The topological polar surface area (TPSA) is 150 Å². The van der Waals surface area contributed by atoms with E-state index in [9.17, 15) is 24.3 Å². The Morgan fingerprint density at radius 1 is 0.887 bits per heavy atom. The number of hydrogen-bond donors (Lipinski definition) is 4. The van der Waals surface area contributed by atoms with Gasteiger partial charge < -0.3 is 30.7 Å². The molecule has 2 rings (SSSR count). The third kappa shape index (κ3) is 14.1. The molecule has 0 aliphatic carbocycles. The molecule has 0 spiro atoms. The molecule has 12 heteroatoms. The summed E-state index contributed by atoms with van der Waals surface area (Å²) >= 11 is 1.35. The SMILES string of the molecule is CCCO[C@H](C[C@H](C(C)C)N(CCC)C(=O)[C@@H](NC(=O)[C@H](NC)[C@@H](C)CC)[C@@H](C)CC)c1nc(C(=O)N[C@@H](Cc2ccccc2)C[C@H](C)C(=O)O)cs1. The van der Waals surface area contributed by atoms with Crippen LogP contribution in [0, 0.1) is 23.7 Å². The van der Waals surface area contributed by atoms with Crippen molar-refractivity contribution >= 4 is 35.0 Å². The van der Waals surface area contributed by atoms with Gasteiger partial charge in [0.15, 0.2) is 0 Å². The highest BCUT2D eigenvalue weighted by atomic mass is 32.1. The first-order valence-corrected chi connectivity index (χ1v) is 20.5. The Balaban J connectivity index is 2.40. The fourth-order valence-electron chi connectivity index (χ4n) is 6.59. The van der Waals surface area contributed by atoms with Crippen LogP contribution >= 0.6 is 11.3 Å². The summed E-state index contributed by atoms with van der Waals surface area (Å²) < 4.78 is 6.41. The summed E-state index contributed by atoms with van der Waals surface area (Å²) in [5.74, 6) is -2.09. The number of carbonyl (C=O) groups excluding carboxylic acids is 3. The summed E-state index contributed by atoms with van der Waals surface area (Å²) in [6.45, 7) is 19.1. The van der Waals surface area contributed by atoms with Gasteiger partial charge in [0.25, 0.3) is 5.91 Å². The van der Waals surface area contributed by atoms with Crippen molar-refractivity contribution in [2.45, 2.75) is 138 Å². The predicted molar refractivity (Wildman–Crippen MR) is 213 cm³/mol. The number of nitrogens with one attached hydrogen (secondary N) is 3. The maximum atomic E-state index is 14.6. The molecule has 0 radical (unpaired) electrons. The van der Waals surface area contributed by atoms with E-state index in [0.29, 0.717) is 31.0 Å². The second-order valence-corrected chi connectivity index (χ2v) is 15.8. The van der Waals surface area contributed by atoms with E-state index >= 15 is 0 Å². The summed E-state index contributed by atoms with van der Waals surface area (Å²) in [7, 11) is 1.78. The molecule has 0 saturated heterocycles. The molecule has 0 bridgehead atoms. The molecule has 1 aromatic heterocycles. The monoisotopic (exact) mass is 757 g/mol. The number of nitrogens with zero attached hydrogens (tertiary/aromatic N) is 2. The van der Waals surface area contributed by atoms with Crippen molar-refractivity contribution < 1.29 is 29.0 Å². The Bertz CT molecular complexity index is 1400. The second kappa shape index (κ2) is 23.4. The lowest BCUT2D eigenvalue weighted by Crippen LogP contribution is -2.59. The lowest BCUT2D eigenvalue weighted by molar-refractivity contribution is -0.142. The lowest BCUT2D eigenvalue weighted by Gasteiger charge is -2.39. The first kappa shape index (κ1) is 45.8. The lowest BCUT2D eigenvalue weighted by atomic mass is 9.91. The molecule has 2 aromatic rings. The Kier molecular flexibility index (Phi) is 20.3. The van der Waals surface area contributed by atoms with Crippen LogP contribution in [0.15, 0.2) is 35.7 Å². The second-order valence-electron chi connectivity index (χ2n) is 14.9. The van der Waals surface area contributed by atoms with Gasteiger partial charge in [-0.2, -0.15) is 0 Å². The Labute approximate surface area is 322 Å². The van der Waals surface area contributed by atoms with Crippen molar-refractivity contribution in [2.24, 2.45) is 23.7 Å². The zero-order valence-corrected chi connectivity index (χ0v) is 34.6. The van der Waals surface area contributed by atoms with E-state index < -0.39 is 36.1 Å². The van der Waals surface area contributed by atoms with Gasteiger partial charge in [0.1, 0.15) is 22.8 Å². The largest absolute Gasteiger partial charge is 0.481 e. The van der Waals surface area contributed by atoms with Gasteiger partial charge in [-0.1, -0.05) is 105 Å². The summed E-state index contributed by atoms with van der Waals surface area (Å²) in [6, 6.07) is 7.97. The van der Waals surface area contributed by atoms with Crippen molar-refractivity contribution in [2.75, 3.05) is 20.2 Å². The molecule has 53 heavy (non-hydrogen) atoms. The number of amides is 3. The van der Waals surface area contributed by atoms with Crippen molar-refractivity contribution in [1.29, 1.82) is 0 Å². The highest BCUT2D eigenvalue weighted by Gasteiger charge is 2.38. The number of carbonyl (C=O) groups is 4. The number of carboxylic acids is 1. The van der Waals surface area contributed by atoms with Crippen LogP contribution < -0.4 is 16.0 Å². The highest BCUT2D eigenvalue weighted by molar-refractivity contribution is 7.09. The zero-order chi connectivity index (χ0) is 39.7. The van der Waals surface area contributed by atoms with Crippen LogP contribution in [0.1, 0.15) is 128 Å². The third-order valence-electron chi connectivity index (χ3n) is 10.2. The standard InChI is InChI=1S/C41H67N5O6S/c1-11-20-46(40(49)36(28(8)14-4)45-38(48)35(42-10)27(7)13-3)33(26(5)6)24-34(52-21-12-2)39-44-32(25-53-39)37(47)43-31(22-29(9)41(50)51)23-30-18-16-15-17-19-30/h15-19,25-29,31,33-36,42H,11-14,20-24H2,1-10H3,(H,43,47)(H,45,48)(H,50,51)/t27-,28-,29-,31+,33+,34+,35+,36-/m0/s1. The molecule has 0 aliphatic heterocycles. The van der Waals surface area contributed by atoms with Gasteiger partial charge in [0.05, 0.1) is 12.0 Å². The van der Waals surface area contributed by atoms with E-state index in [-0.39, 0.29) is 53.6 Å². The van der Waals surface area contributed by atoms with Crippen LogP contribution in [-0.2, 0) is 25.5 Å². The molecular weight excluding hydrogens is 691 g/mol. The van der Waals surface area contributed by atoms with Crippen molar-refractivity contribution in [1.82, 2.24) is 25.8 Å². The van der Waals surface area contributed by atoms with E-state index in [1.54, 1.807) is 19.4 Å². The van der Waals surface area contributed by atoms with Gasteiger partial charge >= 0.3 is 5.97 Å². The van der Waals surface area contributed by atoms with Gasteiger partial charge in [-0.15, -0.1) is 11.3 Å². The predicted octanol–water partition coefficient (Wildman–Crippen LogP) is 6.88. The minimum absolute atomic E-state index is 0.0642. The number of benzene rings is 1. The molecule has 1 aromatic carbocycles. The smallest absolute Gasteiger partial charge is 0.306 e. The molecule has 11 nitrogen and oxygen atoms in total. The van der Waals surface area contributed by atoms with Crippen LogP contribution in [0.25, 0.3) is 0 Å². The van der Waals surface area contributed by atoms with E-state index in [4.69, 9.17) is 9.72 Å². The van der Waals surface area contributed by atoms with Crippen molar-refractivity contribution in [3.05, 3.63) is 52.0 Å². The van der Waals surface area contributed by atoms with Crippen molar-refractivity contribution in [3.8, 4) is 0 Å². The number of aliphatic carboxylic acids is 1. The van der Waals surface area contributed by atoms with E-state index in [0.717, 1.165) is 31.2 Å². The van der Waals surface area contributed by atoms with Crippen LogP contribution in [0.2, 0.25) is 0 Å². The summed E-state index contributed by atoms with van der Waals surface area (Å²) in [4.78, 5) is 60.1. The average Bonchev–Trinajstić information content (AvgIpc) is 3.63. The Hall–Kier alpha value is -3.35. The van der Waals surface area contributed by atoms with Crippen LogP contribution in [-0.4, -0.2) is 83.0 Å². The number of rotatable bonds is 25. The fourth-order valence-corrected chi connectivity index (χ4v) is 7.45. The minimum atomic E-state index is -0.911. The van der Waals surface area contributed by atoms with E-state index in [2.05, 4.69) is 36.7 Å². The zero-order valence-electron chi connectivity index (χ0n) is 33.8. The van der Waals surface area contributed by atoms with Gasteiger partial charge in [-0.05, 0) is 56.0 Å². The van der Waals surface area contributed by atoms with Crippen LogP contribution in [0.5, 0.6) is 0 Å². The Morgan fingerprint density at radius 2 is 1.53 bits per heavy atom. The molecule has 0 fully saturated rings. The maximum Gasteiger partial charge on any atom is 0.306 e. The van der Waals surface area contributed by atoms with Crippen LogP contribution in [0.4, 0.5) is 0 Å². The van der Waals surface area contributed by atoms with E-state index in [1.165, 1.54) is 11.3 Å². The van der Waals surface area contributed by atoms with Gasteiger partial charge in [-0.25, -0.2) is 4.98 Å². The van der Waals surface area contributed by atoms with Crippen molar-refractivity contribution in [3.63, 3.8) is 0 Å². The highest BCUT2D eigenvalue weighted by Crippen LogP contribution is 2.32. The summed E-state index contributed by atoms with van der Waals surface area (Å²) in [6.07, 6.45) is 3.85. The molecule has 3 amide bonds. The number of likely N-dealkylation sites (N-methyl/N-ethyl adjacent to an activating group) is 1. The minimum Gasteiger partial charge on any atom is -0.481 e. The summed E-state index contributed by atoms with van der Waals surface area (Å²) in [5, 5.41) is 21.3. The van der Waals surface area contributed by atoms with Gasteiger partial charge in [0.2, 0.25) is 11.8 Å². The Morgan fingerprint density at radius 3 is 2.08 bits per heavy atom. The molecule has 0 unspecified atom stereocenters. The maximum absolute atomic E-state index is 14.6. The van der Waals surface area contributed by atoms with Gasteiger partial charge in [0, 0.05) is 37.0 Å².